The van der Waals surface area contributed by atoms with Crippen LogP contribution in [0.5, 0.6) is 0 Å². The van der Waals surface area contributed by atoms with Crippen LogP contribution in [0.1, 0.15) is 43.6 Å². The van der Waals surface area contributed by atoms with Crippen LogP contribution >= 0.6 is 0 Å². The van der Waals surface area contributed by atoms with Crippen molar-refractivity contribution in [3.05, 3.63) is 29.8 Å². The fraction of sp³-hybridized carbons (Fsp3) is 0.444. The smallest absolute Gasteiger partial charge is 0.227 e. The van der Waals surface area contributed by atoms with E-state index < -0.39 is 5.66 Å². The minimum absolute atomic E-state index is 0.0164. The summed E-state index contributed by atoms with van der Waals surface area (Å²) >= 11 is 0. The second kappa shape index (κ2) is 6.44. The lowest BCUT2D eigenvalue weighted by atomic mass is 9.89. The summed E-state index contributed by atoms with van der Waals surface area (Å²) in [6.45, 7) is 0.495. The second-order valence-corrected chi connectivity index (χ2v) is 6.23. The lowest BCUT2D eigenvalue weighted by Gasteiger charge is -2.33. The summed E-state index contributed by atoms with van der Waals surface area (Å²) in [4.78, 5) is 26.1. The van der Waals surface area contributed by atoms with Crippen LogP contribution in [0, 0.1) is 12.3 Å². The van der Waals surface area contributed by atoms with E-state index in [-0.39, 0.29) is 17.7 Å². The highest BCUT2D eigenvalue weighted by molar-refractivity contribution is 5.97. The number of nitrogens with two attached hydrogens (primary N) is 1. The van der Waals surface area contributed by atoms with Gasteiger partial charge in [-0.1, -0.05) is 18.2 Å². The normalized spacial score (nSPS) is 20.1. The van der Waals surface area contributed by atoms with Gasteiger partial charge in [-0.2, -0.15) is 10.2 Å². The van der Waals surface area contributed by atoms with E-state index in [1.165, 1.54) is 0 Å². The molecule has 0 saturated heterocycles. The quantitative estimate of drug-likeness (QED) is 0.814. The van der Waals surface area contributed by atoms with E-state index in [1.807, 2.05) is 24.3 Å². The zero-order valence-electron chi connectivity index (χ0n) is 13.4. The van der Waals surface area contributed by atoms with Gasteiger partial charge < -0.3 is 10.6 Å². The molecule has 24 heavy (non-hydrogen) atoms. The average molecular weight is 324 g/mol. The van der Waals surface area contributed by atoms with E-state index in [9.17, 15) is 9.59 Å². The number of hydrogen-bond acceptors (Lipinski definition) is 4. The fourth-order valence-corrected chi connectivity index (χ4v) is 3.23. The molecule has 0 spiro atoms. The average Bonchev–Trinajstić information content (AvgIpc) is 3.37. The number of benzene rings is 1. The highest BCUT2D eigenvalue weighted by atomic mass is 16.2. The first kappa shape index (κ1) is 16.2. The van der Waals surface area contributed by atoms with Crippen LogP contribution in [0.25, 0.3) is 0 Å². The molecule has 124 valence electrons. The second-order valence-electron chi connectivity index (χ2n) is 6.23. The number of carbonyl (C=O) groups excluding carboxylic acids is 2. The molecule has 0 aromatic heterocycles. The fourth-order valence-electron chi connectivity index (χ4n) is 3.23. The number of amides is 2. The minimum atomic E-state index is -0.451. The number of fused-ring (bicyclic) bond motifs is 1. The Morgan fingerprint density at radius 1 is 1.33 bits per heavy atom. The third-order valence-corrected chi connectivity index (χ3v) is 4.68. The van der Waals surface area contributed by atoms with Crippen LogP contribution in [0.2, 0.25) is 0 Å². The molecule has 0 radical (unpaired) electrons. The van der Waals surface area contributed by atoms with E-state index in [1.54, 1.807) is 4.90 Å². The maximum Gasteiger partial charge on any atom is 0.227 e. The zero-order valence-corrected chi connectivity index (χ0v) is 13.4. The Hall–Kier alpha value is -2.68. The standard InChI is InChI=1S/C18H20N4O2/c1-2-3-10-18(20-21-18)11-8-16(23)22-12-9-14(17(19)24)13-6-4-5-7-15(13)22/h1,4-7,14H,3,8-12H2,(H2,19,24). The Kier molecular flexibility index (Phi) is 4.34. The van der Waals surface area contributed by atoms with Gasteiger partial charge in [0.25, 0.3) is 0 Å². The van der Waals surface area contributed by atoms with Crippen molar-refractivity contribution < 1.29 is 9.59 Å². The van der Waals surface area contributed by atoms with Crippen molar-refractivity contribution in [3.63, 3.8) is 0 Å². The topological polar surface area (TPSA) is 88.1 Å². The van der Waals surface area contributed by atoms with Crippen molar-refractivity contribution in [3.8, 4) is 12.3 Å². The largest absolute Gasteiger partial charge is 0.369 e. The van der Waals surface area contributed by atoms with Crippen LogP contribution in [0.3, 0.4) is 0 Å². The highest BCUT2D eigenvalue weighted by Crippen LogP contribution is 2.39. The van der Waals surface area contributed by atoms with Crippen molar-refractivity contribution in [2.24, 2.45) is 16.0 Å². The molecule has 6 heteroatoms. The number of para-hydroxylation sites is 1. The summed E-state index contributed by atoms with van der Waals surface area (Å²) < 4.78 is 0. The molecule has 2 heterocycles. The van der Waals surface area contributed by atoms with E-state index in [0.717, 1.165) is 11.3 Å². The minimum Gasteiger partial charge on any atom is -0.369 e. The maximum absolute atomic E-state index is 12.7. The number of primary amides is 1. The number of rotatable bonds is 6. The molecule has 1 atom stereocenters. The molecule has 0 aliphatic carbocycles. The first-order valence-electron chi connectivity index (χ1n) is 8.12. The summed E-state index contributed by atoms with van der Waals surface area (Å²) in [7, 11) is 0. The molecule has 2 aliphatic heterocycles. The van der Waals surface area contributed by atoms with Gasteiger partial charge in [-0.15, -0.1) is 12.3 Å². The number of hydrogen-bond donors (Lipinski definition) is 1. The Bertz CT molecular complexity index is 729. The molecule has 1 aromatic carbocycles. The molecule has 2 amide bonds. The molecule has 2 N–H and O–H groups in total. The van der Waals surface area contributed by atoms with Crippen molar-refractivity contribution in [1.29, 1.82) is 0 Å². The Balaban J connectivity index is 1.69. The summed E-state index contributed by atoms with van der Waals surface area (Å²) in [5, 5.41) is 8.13. The van der Waals surface area contributed by atoms with Crippen LogP contribution in [-0.4, -0.2) is 24.0 Å². The molecule has 1 unspecified atom stereocenters. The lowest BCUT2D eigenvalue weighted by molar-refractivity contribution is -0.121. The van der Waals surface area contributed by atoms with Crippen molar-refractivity contribution in [2.45, 2.75) is 43.7 Å². The number of anilines is 1. The highest BCUT2D eigenvalue weighted by Gasteiger charge is 2.40. The van der Waals surface area contributed by atoms with E-state index >= 15 is 0 Å². The first-order chi connectivity index (χ1) is 11.6. The maximum atomic E-state index is 12.7. The predicted octanol–water partition coefficient (Wildman–Crippen LogP) is 2.35. The van der Waals surface area contributed by atoms with Gasteiger partial charge in [0.05, 0.1) is 5.92 Å². The molecule has 3 rings (SSSR count). The lowest BCUT2D eigenvalue weighted by Crippen LogP contribution is -2.39. The molecule has 0 saturated carbocycles. The third kappa shape index (κ3) is 3.16. The van der Waals surface area contributed by atoms with Crippen LogP contribution in [-0.2, 0) is 9.59 Å². The van der Waals surface area contributed by atoms with Gasteiger partial charge in [0.1, 0.15) is 0 Å². The predicted molar refractivity (Wildman–Crippen MR) is 90.2 cm³/mol. The Morgan fingerprint density at radius 3 is 2.75 bits per heavy atom. The number of terminal acetylenes is 1. The van der Waals surface area contributed by atoms with E-state index in [2.05, 4.69) is 16.1 Å². The first-order valence-corrected chi connectivity index (χ1v) is 8.12. The van der Waals surface area contributed by atoms with Crippen molar-refractivity contribution in [1.82, 2.24) is 0 Å². The summed E-state index contributed by atoms with van der Waals surface area (Å²) in [6.07, 6.45) is 8.06. The van der Waals surface area contributed by atoms with Gasteiger partial charge >= 0.3 is 0 Å². The van der Waals surface area contributed by atoms with Gasteiger partial charge in [0.15, 0.2) is 5.66 Å². The molecular formula is C18H20N4O2. The Labute approximate surface area is 141 Å². The molecule has 6 nitrogen and oxygen atoms in total. The molecule has 2 aliphatic rings. The molecule has 1 aromatic rings. The van der Waals surface area contributed by atoms with Gasteiger partial charge in [-0.05, 0) is 18.1 Å². The van der Waals surface area contributed by atoms with Gasteiger partial charge in [-0.3, -0.25) is 9.59 Å². The summed E-state index contributed by atoms with van der Waals surface area (Å²) in [5.74, 6) is 1.92. The van der Waals surface area contributed by atoms with Gasteiger partial charge in [0, 0.05) is 37.9 Å². The zero-order chi connectivity index (χ0) is 17.2. The number of nitrogens with zero attached hydrogens (tertiary/aromatic N) is 3. The monoisotopic (exact) mass is 324 g/mol. The molecular weight excluding hydrogens is 304 g/mol. The van der Waals surface area contributed by atoms with E-state index in [0.29, 0.717) is 38.6 Å². The summed E-state index contributed by atoms with van der Waals surface area (Å²) in [6, 6.07) is 7.45. The summed E-state index contributed by atoms with van der Waals surface area (Å²) in [5.41, 5.74) is 6.64. The van der Waals surface area contributed by atoms with Gasteiger partial charge in [0.2, 0.25) is 11.8 Å². The molecule has 0 fully saturated rings. The van der Waals surface area contributed by atoms with Gasteiger partial charge in [-0.25, -0.2) is 0 Å². The van der Waals surface area contributed by atoms with Crippen LogP contribution in [0.15, 0.2) is 34.5 Å². The van der Waals surface area contributed by atoms with Crippen molar-refractivity contribution in [2.75, 3.05) is 11.4 Å². The Morgan fingerprint density at radius 2 is 2.08 bits per heavy atom. The third-order valence-electron chi connectivity index (χ3n) is 4.68. The van der Waals surface area contributed by atoms with E-state index in [4.69, 9.17) is 12.2 Å². The van der Waals surface area contributed by atoms with Crippen molar-refractivity contribution >= 4 is 17.5 Å². The number of carbonyl (C=O) groups is 2. The van der Waals surface area contributed by atoms with Crippen LogP contribution < -0.4 is 10.6 Å². The van der Waals surface area contributed by atoms with Crippen LogP contribution in [0.4, 0.5) is 5.69 Å². The molecule has 0 bridgehead atoms. The SMILES string of the molecule is C#CCCC1(CCC(=O)N2CCC(C(N)=O)c3ccccc32)N=N1.